The van der Waals surface area contributed by atoms with Crippen LogP contribution in [0.15, 0.2) is 18.3 Å². The number of nitrogens with two attached hydrogens (primary N) is 1. The van der Waals surface area contributed by atoms with Crippen LogP contribution in [0.5, 0.6) is 0 Å². The van der Waals surface area contributed by atoms with Crippen LogP contribution >= 0.6 is 0 Å². The fraction of sp³-hybridized carbons (Fsp3) is 0.308. The Labute approximate surface area is 111 Å². The molecular weight excluding hydrogens is 244 g/mol. The fourth-order valence-corrected chi connectivity index (χ4v) is 1.82. The molecule has 0 atom stereocenters. The monoisotopic (exact) mass is 260 g/mol. The van der Waals surface area contributed by atoms with E-state index in [-0.39, 0.29) is 0 Å². The van der Waals surface area contributed by atoms with E-state index >= 15 is 0 Å². The van der Waals surface area contributed by atoms with Crippen molar-refractivity contribution in [3.63, 3.8) is 0 Å². The number of rotatable bonds is 3. The maximum atomic E-state index is 11.8. The molecule has 19 heavy (non-hydrogen) atoms. The Hall–Kier alpha value is -2.37. The van der Waals surface area contributed by atoms with Gasteiger partial charge < -0.3 is 10.5 Å². The van der Waals surface area contributed by atoms with Crippen molar-refractivity contribution in [2.24, 2.45) is 0 Å². The largest absolute Gasteiger partial charge is 0.462 e. The summed E-state index contributed by atoms with van der Waals surface area (Å²) in [6, 6.07) is 3.52. The summed E-state index contributed by atoms with van der Waals surface area (Å²) in [5.41, 5.74) is 8.17. The first-order chi connectivity index (χ1) is 9.02. The van der Waals surface area contributed by atoms with E-state index in [0.29, 0.717) is 23.7 Å². The molecule has 0 unspecified atom stereocenters. The van der Waals surface area contributed by atoms with Crippen LogP contribution in [0.25, 0.3) is 5.82 Å². The van der Waals surface area contributed by atoms with Gasteiger partial charge in [-0.05, 0) is 32.9 Å². The molecule has 0 aromatic carbocycles. The SMILES string of the molecule is CCOC(=O)c1cc(-n2nc(C)cc2C)ncc1N. The third-order valence-corrected chi connectivity index (χ3v) is 2.64. The normalized spacial score (nSPS) is 10.5. The number of hydrogen-bond acceptors (Lipinski definition) is 5. The van der Waals surface area contributed by atoms with Gasteiger partial charge in [0.15, 0.2) is 5.82 Å². The van der Waals surface area contributed by atoms with Crippen LogP contribution in [0.3, 0.4) is 0 Å². The molecule has 2 aromatic rings. The minimum Gasteiger partial charge on any atom is -0.462 e. The summed E-state index contributed by atoms with van der Waals surface area (Å²) in [5, 5.41) is 4.32. The average Bonchev–Trinajstić information content (AvgIpc) is 2.69. The van der Waals surface area contributed by atoms with Gasteiger partial charge in [-0.3, -0.25) is 0 Å². The Kier molecular flexibility index (Phi) is 3.50. The Bertz CT molecular complexity index is 619. The van der Waals surface area contributed by atoms with E-state index < -0.39 is 5.97 Å². The van der Waals surface area contributed by atoms with E-state index in [4.69, 9.17) is 10.5 Å². The summed E-state index contributed by atoms with van der Waals surface area (Å²) < 4.78 is 6.62. The zero-order valence-electron chi connectivity index (χ0n) is 11.2. The highest BCUT2D eigenvalue weighted by Gasteiger charge is 2.14. The molecule has 0 aliphatic carbocycles. The predicted molar refractivity (Wildman–Crippen MR) is 71.2 cm³/mol. The van der Waals surface area contributed by atoms with Crippen molar-refractivity contribution in [1.82, 2.24) is 14.8 Å². The summed E-state index contributed by atoms with van der Waals surface area (Å²) in [6.07, 6.45) is 1.44. The van der Waals surface area contributed by atoms with Crippen molar-refractivity contribution in [1.29, 1.82) is 0 Å². The molecule has 0 amide bonds. The van der Waals surface area contributed by atoms with Crippen molar-refractivity contribution in [2.75, 3.05) is 12.3 Å². The summed E-state index contributed by atoms with van der Waals surface area (Å²) >= 11 is 0. The van der Waals surface area contributed by atoms with Gasteiger partial charge in [-0.15, -0.1) is 0 Å². The molecule has 0 fully saturated rings. The molecule has 100 valence electrons. The molecular formula is C13H16N4O2. The number of aryl methyl sites for hydroxylation is 2. The highest BCUT2D eigenvalue weighted by Crippen LogP contribution is 2.17. The lowest BCUT2D eigenvalue weighted by Crippen LogP contribution is -2.11. The first kappa shape index (κ1) is 13.1. The van der Waals surface area contributed by atoms with Crippen molar-refractivity contribution in [2.45, 2.75) is 20.8 Å². The van der Waals surface area contributed by atoms with Crippen LogP contribution in [0.1, 0.15) is 28.7 Å². The topological polar surface area (TPSA) is 83.0 Å². The second-order valence-electron chi connectivity index (χ2n) is 4.19. The molecule has 0 aliphatic rings. The van der Waals surface area contributed by atoms with Crippen molar-refractivity contribution < 1.29 is 9.53 Å². The number of esters is 1. The van der Waals surface area contributed by atoms with Crippen molar-refractivity contribution in [3.05, 3.63) is 35.3 Å². The zero-order valence-corrected chi connectivity index (χ0v) is 11.2. The Morgan fingerprint density at radius 2 is 2.16 bits per heavy atom. The van der Waals surface area contributed by atoms with Gasteiger partial charge in [-0.25, -0.2) is 14.5 Å². The molecule has 2 aromatic heterocycles. The van der Waals surface area contributed by atoms with Crippen LogP contribution in [0.4, 0.5) is 5.69 Å². The van der Waals surface area contributed by atoms with Gasteiger partial charge in [0, 0.05) is 5.69 Å². The summed E-state index contributed by atoms with van der Waals surface area (Å²) in [7, 11) is 0. The molecule has 2 rings (SSSR count). The second kappa shape index (κ2) is 5.09. The highest BCUT2D eigenvalue weighted by molar-refractivity contribution is 5.95. The first-order valence-electron chi connectivity index (χ1n) is 5.99. The number of aromatic nitrogens is 3. The average molecular weight is 260 g/mol. The van der Waals surface area contributed by atoms with Crippen LogP contribution in [-0.4, -0.2) is 27.3 Å². The van der Waals surface area contributed by atoms with E-state index in [9.17, 15) is 4.79 Å². The van der Waals surface area contributed by atoms with E-state index in [1.165, 1.54) is 6.20 Å². The maximum absolute atomic E-state index is 11.8. The number of anilines is 1. The Balaban J connectivity index is 2.46. The lowest BCUT2D eigenvalue weighted by Gasteiger charge is -2.08. The Morgan fingerprint density at radius 1 is 1.42 bits per heavy atom. The number of nitrogens with zero attached hydrogens (tertiary/aromatic N) is 3. The first-order valence-corrected chi connectivity index (χ1v) is 5.99. The second-order valence-corrected chi connectivity index (χ2v) is 4.19. The van der Waals surface area contributed by atoms with Gasteiger partial charge >= 0.3 is 5.97 Å². The van der Waals surface area contributed by atoms with Crippen molar-refractivity contribution >= 4 is 11.7 Å². The quantitative estimate of drug-likeness (QED) is 0.848. The molecule has 6 heteroatoms. The van der Waals surface area contributed by atoms with Crippen molar-refractivity contribution in [3.8, 4) is 5.82 Å². The van der Waals surface area contributed by atoms with Crippen LogP contribution in [0, 0.1) is 13.8 Å². The molecule has 0 aliphatic heterocycles. The van der Waals surface area contributed by atoms with E-state index in [0.717, 1.165) is 11.4 Å². The van der Waals surface area contributed by atoms with Gasteiger partial charge in [-0.1, -0.05) is 0 Å². The summed E-state index contributed by atoms with van der Waals surface area (Å²) in [6.45, 7) is 5.86. The number of carbonyl (C=O) groups is 1. The number of ether oxygens (including phenoxy) is 1. The highest BCUT2D eigenvalue weighted by atomic mass is 16.5. The third kappa shape index (κ3) is 2.57. The molecule has 2 heterocycles. The third-order valence-electron chi connectivity index (χ3n) is 2.64. The minimum absolute atomic E-state index is 0.295. The number of pyridine rings is 1. The molecule has 0 saturated heterocycles. The van der Waals surface area contributed by atoms with Gasteiger partial charge in [0.05, 0.1) is 29.7 Å². The van der Waals surface area contributed by atoms with Crippen LogP contribution in [-0.2, 0) is 4.74 Å². The van der Waals surface area contributed by atoms with Gasteiger partial charge in [-0.2, -0.15) is 5.10 Å². The molecule has 0 radical (unpaired) electrons. The maximum Gasteiger partial charge on any atom is 0.340 e. The molecule has 2 N–H and O–H groups in total. The van der Waals surface area contributed by atoms with E-state index in [1.807, 2.05) is 19.9 Å². The van der Waals surface area contributed by atoms with E-state index in [2.05, 4.69) is 10.1 Å². The zero-order chi connectivity index (χ0) is 14.0. The molecule has 0 saturated carbocycles. The lowest BCUT2D eigenvalue weighted by molar-refractivity contribution is 0.0527. The summed E-state index contributed by atoms with van der Waals surface area (Å²) in [4.78, 5) is 16.0. The van der Waals surface area contributed by atoms with Crippen LogP contribution in [0.2, 0.25) is 0 Å². The molecule has 6 nitrogen and oxygen atoms in total. The van der Waals surface area contributed by atoms with Gasteiger partial charge in [0.2, 0.25) is 0 Å². The van der Waals surface area contributed by atoms with Crippen LogP contribution < -0.4 is 5.73 Å². The van der Waals surface area contributed by atoms with E-state index in [1.54, 1.807) is 17.7 Å². The fourth-order valence-electron chi connectivity index (χ4n) is 1.82. The van der Waals surface area contributed by atoms with Gasteiger partial charge in [0.25, 0.3) is 0 Å². The Morgan fingerprint density at radius 3 is 2.74 bits per heavy atom. The number of hydrogen-bond donors (Lipinski definition) is 1. The number of nitrogen functional groups attached to an aromatic ring is 1. The smallest absolute Gasteiger partial charge is 0.340 e. The summed E-state index contributed by atoms with van der Waals surface area (Å²) in [5.74, 6) is 0.0908. The minimum atomic E-state index is -0.454. The standard InChI is InChI=1S/C13H16N4O2/c1-4-19-13(18)10-6-12(15-7-11(10)14)17-9(3)5-8(2)16-17/h5-7H,4,14H2,1-3H3. The molecule has 0 spiro atoms. The number of carbonyl (C=O) groups excluding carboxylic acids is 1. The lowest BCUT2D eigenvalue weighted by atomic mass is 10.2. The molecule has 0 bridgehead atoms. The predicted octanol–water partition coefficient (Wildman–Crippen LogP) is 1.64. The van der Waals surface area contributed by atoms with Gasteiger partial charge in [0.1, 0.15) is 0 Å².